The number of hydrogen-bond donors (Lipinski definition) is 1. The third kappa shape index (κ3) is 31.5. The van der Waals surface area contributed by atoms with E-state index in [-0.39, 0.29) is 17.5 Å². The Labute approximate surface area is 276 Å². The maximum absolute atomic E-state index is 12.9. The molecule has 0 saturated carbocycles. The molecule has 0 aromatic carbocycles. The third-order valence-corrected chi connectivity index (χ3v) is 9.80. The molecule has 2 nitrogen and oxygen atoms in total. The molecule has 0 fully saturated rings. The van der Waals surface area contributed by atoms with E-state index in [9.17, 15) is 9.59 Å². The Morgan fingerprint density at radius 2 is 0.605 bits per heavy atom. The lowest BCUT2D eigenvalue weighted by atomic mass is 9.88. The normalized spacial score (nSPS) is 11.5. The molecule has 0 heterocycles. The predicted molar refractivity (Wildman–Crippen MR) is 196 cm³/mol. The van der Waals surface area contributed by atoms with Crippen molar-refractivity contribution >= 4 is 24.2 Å². The zero-order valence-corrected chi connectivity index (χ0v) is 30.5. The number of unbranched alkanes of at least 4 members (excludes halogenated alkanes) is 28. The molecule has 0 saturated heterocycles. The van der Waals surface area contributed by atoms with E-state index in [1.165, 1.54) is 167 Å². The zero-order valence-electron chi connectivity index (χ0n) is 29.6. The lowest BCUT2D eigenvalue weighted by Crippen LogP contribution is -2.24. The highest BCUT2D eigenvalue weighted by Gasteiger charge is 2.24. The van der Waals surface area contributed by atoms with Crippen LogP contribution < -0.4 is 0 Å². The molecule has 0 spiro atoms. The van der Waals surface area contributed by atoms with Gasteiger partial charge in [0.1, 0.15) is 11.6 Å². The lowest BCUT2D eigenvalue weighted by molar-refractivity contribution is -0.133. The maximum Gasteiger partial charge on any atom is 0.143 e. The molecule has 0 radical (unpaired) electrons. The van der Waals surface area contributed by atoms with Gasteiger partial charge in [-0.3, -0.25) is 9.59 Å². The zero-order chi connectivity index (χ0) is 31.5. The van der Waals surface area contributed by atoms with Gasteiger partial charge in [0.2, 0.25) is 0 Å². The molecule has 0 rings (SSSR count). The van der Waals surface area contributed by atoms with E-state index in [0.717, 1.165) is 37.9 Å². The Hall–Kier alpha value is -0.310. The molecule has 0 amide bonds. The number of ketones is 2. The van der Waals surface area contributed by atoms with Crippen molar-refractivity contribution in [2.45, 2.75) is 232 Å². The quantitative estimate of drug-likeness (QED) is 0.0425. The van der Waals surface area contributed by atoms with Crippen molar-refractivity contribution in [3.63, 3.8) is 0 Å². The highest BCUT2D eigenvalue weighted by molar-refractivity contribution is 7.80. The van der Waals surface area contributed by atoms with E-state index in [1.807, 2.05) is 0 Å². The summed E-state index contributed by atoms with van der Waals surface area (Å²) in [4.78, 5) is 25.9. The largest absolute Gasteiger partial charge is 0.299 e. The maximum atomic E-state index is 12.9. The Balaban J connectivity index is 3.73. The van der Waals surface area contributed by atoms with Crippen molar-refractivity contribution in [1.82, 2.24) is 0 Å². The Morgan fingerprint density at radius 1 is 0.372 bits per heavy atom. The van der Waals surface area contributed by atoms with Crippen molar-refractivity contribution in [3.05, 3.63) is 0 Å². The van der Waals surface area contributed by atoms with Gasteiger partial charge >= 0.3 is 0 Å². The molecule has 43 heavy (non-hydrogen) atoms. The van der Waals surface area contributed by atoms with Gasteiger partial charge in [0.15, 0.2) is 0 Å². The molecule has 0 unspecified atom stereocenters. The van der Waals surface area contributed by atoms with Crippen LogP contribution in [0.1, 0.15) is 232 Å². The van der Waals surface area contributed by atoms with Crippen molar-refractivity contribution in [3.8, 4) is 0 Å². The summed E-state index contributed by atoms with van der Waals surface area (Å²) in [5.41, 5.74) is 0. The molecule has 0 aliphatic carbocycles. The summed E-state index contributed by atoms with van der Waals surface area (Å²) in [7, 11) is 0. The summed E-state index contributed by atoms with van der Waals surface area (Å²) in [6.07, 6.45) is 42.8. The average molecular weight is 623 g/mol. The topological polar surface area (TPSA) is 34.1 Å². The molecular formula is C40H78O2S. The molecule has 0 aromatic heterocycles. The second-order valence-electron chi connectivity index (χ2n) is 13.8. The summed E-state index contributed by atoms with van der Waals surface area (Å²) in [6.45, 7) is 4.57. The molecule has 0 aromatic rings. The third-order valence-electron chi connectivity index (χ3n) is 9.48. The van der Waals surface area contributed by atoms with Crippen LogP contribution in [0.4, 0.5) is 0 Å². The predicted octanol–water partition coefficient (Wildman–Crippen LogP) is 14.0. The van der Waals surface area contributed by atoms with Crippen molar-refractivity contribution < 1.29 is 9.59 Å². The van der Waals surface area contributed by atoms with Crippen LogP contribution in [0.5, 0.6) is 0 Å². The summed E-state index contributed by atoms with van der Waals surface area (Å²) in [5.74, 6) is 0.824. The fraction of sp³-hybridized carbons (Fsp3) is 0.950. The van der Waals surface area contributed by atoms with E-state index in [1.54, 1.807) is 0 Å². The SMILES string of the molecule is CCCCCCCCCCCCCCCCCC(=O)C(CCCS)C(=O)CCCCCCCCCCCCCCCCC. The smallest absolute Gasteiger partial charge is 0.143 e. The van der Waals surface area contributed by atoms with Crippen molar-refractivity contribution in [1.29, 1.82) is 0 Å². The Morgan fingerprint density at radius 3 is 0.837 bits per heavy atom. The Bertz CT molecular complexity index is 529. The number of Topliss-reactive ketones (excluding diaryl/α,β-unsaturated/α-hetero) is 2. The fourth-order valence-electron chi connectivity index (χ4n) is 6.49. The number of rotatable bonds is 37. The van der Waals surface area contributed by atoms with Crippen molar-refractivity contribution in [2.24, 2.45) is 5.92 Å². The molecule has 0 aliphatic rings. The monoisotopic (exact) mass is 623 g/mol. The molecule has 3 heteroatoms. The molecule has 256 valence electrons. The number of hydrogen-bond acceptors (Lipinski definition) is 3. The van der Waals surface area contributed by atoms with Gasteiger partial charge in [-0.05, 0) is 31.4 Å². The number of carbonyl (C=O) groups is 2. The minimum absolute atomic E-state index is 0.211. The van der Waals surface area contributed by atoms with Gasteiger partial charge in [-0.2, -0.15) is 12.6 Å². The Kier molecular flexibility index (Phi) is 35.9. The van der Waals surface area contributed by atoms with Crippen LogP contribution in [0.15, 0.2) is 0 Å². The number of carbonyl (C=O) groups excluding carboxylic acids is 2. The molecule has 0 bridgehead atoms. The lowest BCUT2D eigenvalue weighted by Gasteiger charge is -2.14. The first kappa shape index (κ1) is 42.7. The van der Waals surface area contributed by atoms with Crippen molar-refractivity contribution in [2.75, 3.05) is 5.75 Å². The van der Waals surface area contributed by atoms with Gasteiger partial charge in [0.05, 0.1) is 5.92 Å². The van der Waals surface area contributed by atoms with E-state index >= 15 is 0 Å². The molecule has 0 atom stereocenters. The first-order chi connectivity index (χ1) is 21.2. The van der Waals surface area contributed by atoms with Gasteiger partial charge in [0.25, 0.3) is 0 Å². The second kappa shape index (κ2) is 36.2. The van der Waals surface area contributed by atoms with Crippen LogP contribution in [0.2, 0.25) is 0 Å². The first-order valence-electron chi connectivity index (χ1n) is 19.8. The van der Waals surface area contributed by atoms with E-state index in [4.69, 9.17) is 0 Å². The molecule has 0 aliphatic heterocycles. The summed E-state index contributed by atoms with van der Waals surface area (Å²) < 4.78 is 0. The van der Waals surface area contributed by atoms with Crippen LogP contribution in [0, 0.1) is 5.92 Å². The van der Waals surface area contributed by atoms with E-state index in [2.05, 4.69) is 26.5 Å². The average Bonchev–Trinajstić information content (AvgIpc) is 3.01. The number of thiol groups is 1. The summed E-state index contributed by atoms with van der Waals surface area (Å²) >= 11 is 4.34. The highest BCUT2D eigenvalue weighted by atomic mass is 32.1. The van der Waals surface area contributed by atoms with E-state index in [0.29, 0.717) is 19.3 Å². The van der Waals surface area contributed by atoms with Crippen LogP contribution in [0.3, 0.4) is 0 Å². The van der Waals surface area contributed by atoms with Crippen LogP contribution in [-0.2, 0) is 9.59 Å². The molecule has 0 N–H and O–H groups in total. The fourth-order valence-corrected chi connectivity index (χ4v) is 6.67. The second-order valence-corrected chi connectivity index (χ2v) is 14.2. The van der Waals surface area contributed by atoms with Gasteiger partial charge in [-0.25, -0.2) is 0 Å². The minimum atomic E-state index is -0.356. The molecular weight excluding hydrogens is 545 g/mol. The highest BCUT2D eigenvalue weighted by Crippen LogP contribution is 2.20. The van der Waals surface area contributed by atoms with Gasteiger partial charge in [-0.1, -0.05) is 194 Å². The van der Waals surface area contributed by atoms with Gasteiger partial charge in [-0.15, -0.1) is 0 Å². The summed E-state index contributed by atoms with van der Waals surface area (Å²) in [5, 5.41) is 0. The van der Waals surface area contributed by atoms with Gasteiger partial charge in [0, 0.05) is 12.8 Å². The van der Waals surface area contributed by atoms with Crippen LogP contribution >= 0.6 is 12.6 Å². The van der Waals surface area contributed by atoms with E-state index < -0.39 is 0 Å². The van der Waals surface area contributed by atoms with Gasteiger partial charge < -0.3 is 0 Å². The minimum Gasteiger partial charge on any atom is -0.299 e. The van der Waals surface area contributed by atoms with Crippen LogP contribution in [0.25, 0.3) is 0 Å². The standard InChI is InChI=1S/C40H78O2S/c1-3-5-7-9-11-13-15-17-19-21-23-25-27-29-31-35-39(41)38(34-33-37-43)40(42)36-32-30-28-26-24-22-20-18-16-14-12-10-8-6-4-2/h38,43H,3-37H2,1-2H3. The first-order valence-corrected chi connectivity index (χ1v) is 20.5. The summed E-state index contributed by atoms with van der Waals surface area (Å²) in [6, 6.07) is 0. The van der Waals surface area contributed by atoms with Crippen LogP contribution in [-0.4, -0.2) is 17.3 Å².